The smallest absolute Gasteiger partial charge is 0.319 e. The molecule has 1 aliphatic rings. The maximum atomic E-state index is 12.4. The Balaban J connectivity index is 2.77. The van der Waals surface area contributed by atoms with Crippen molar-refractivity contribution < 1.29 is 28.5 Å². The summed E-state index contributed by atoms with van der Waals surface area (Å²) < 4.78 is 21.4. The SMILES string of the molecule is COC(=O)C[C@@H](C(=O)OC)P(=O)(O)CN1CCCCC1. The van der Waals surface area contributed by atoms with E-state index in [0.29, 0.717) is 0 Å². The Morgan fingerprint density at radius 3 is 2.30 bits per heavy atom. The highest BCUT2D eigenvalue weighted by atomic mass is 31.2. The van der Waals surface area contributed by atoms with Gasteiger partial charge in [0.15, 0.2) is 0 Å². The third-order valence-corrected chi connectivity index (χ3v) is 5.57. The summed E-state index contributed by atoms with van der Waals surface area (Å²) >= 11 is 0. The molecule has 1 aliphatic heterocycles. The first-order valence-corrected chi connectivity index (χ1v) is 8.50. The third kappa shape index (κ3) is 4.89. The number of methoxy groups -OCH3 is 2. The number of piperidine rings is 1. The van der Waals surface area contributed by atoms with Gasteiger partial charge in [-0.2, -0.15) is 0 Å². The number of rotatable bonds is 6. The van der Waals surface area contributed by atoms with Gasteiger partial charge in [0.25, 0.3) is 0 Å². The van der Waals surface area contributed by atoms with E-state index in [1.807, 2.05) is 4.90 Å². The summed E-state index contributed by atoms with van der Waals surface area (Å²) in [5.41, 5.74) is -1.36. The van der Waals surface area contributed by atoms with Crippen LogP contribution < -0.4 is 0 Å². The number of hydrogen-bond donors (Lipinski definition) is 1. The van der Waals surface area contributed by atoms with Crippen LogP contribution in [-0.2, 0) is 23.6 Å². The minimum absolute atomic E-state index is 0.0935. The van der Waals surface area contributed by atoms with Crippen molar-refractivity contribution in [3.63, 3.8) is 0 Å². The molecule has 1 rings (SSSR count). The topological polar surface area (TPSA) is 93.1 Å². The van der Waals surface area contributed by atoms with Crippen LogP contribution in [0.1, 0.15) is 25.7 Å². The minimum atomic E-state index is -3.86. The van der Waals surface area contributed by atoms with E-state index >= 15 is 0 Å². The van der Waals surface area contributed by atoms with Crippen LogP contribution in [-0.4, -0.2) is 61.0 Å². The van der Waals surface area contributed by atoms with Crippen molar-refractivity contribution in [3.05, 3.63) is 0 Å². The van der Waals surface area contributed by atoms with Gasteiger partial charge in [0.1, 0.15) is 5.66 Å². The summed E-state index contributed by atoms with van der Waals surface area (Å²) in [7, 11) is -1.56. The van der Waals surface area contributed by atoms with Crippen LogP contribution >= 0.6 is 7.37 Å². The van der Waals surface area contributed by atoms with Gasteiger partial charge in [0.2, 0.25) is 7.37 Å². The van der Waals surface area contributed by atoms with Crippen molar-refractivity contribution in [2.45, 2.75) is 31.3 Å². The van der Waals surface area contributed by atoms with Crippen LogP contribution in [0, 0.1) is 0 Å². The quantitative estimate of drug-likeness (QED) is 0.573. The summed E-state index contributed by atoms with van der Waals surface area (Å²) in [4.78, 5) is 35.0. The van der Waals surface area contributed by atoms with Crippen molar-refractivity contribution in [3.8, 4) is 0 Å². The second-order valence-electron chi connectivity index (χ2n) is 4.89. The molecular formula is C12H22NO6P. The van der Waals surface area contributed by atoms with E-state index in [-0.39, 0.29) is 6.29 Å². The Morgan fingerprint density at radius 1 is 1.20 bits per heavy atom. The summed E-state index contributed by atoms with van der Waals surface area (Å²) in [6.45, 7) is 1.47. The van der Waals surface area contributed by atoms with Crippen LogP contribution in [0.5, 0.6) is 0 Å². The molecule has 0 aromatic rings. The Labute approximate surface area is 118 Å². The largest absolute Gasteiger partial charge is 0.469 e. The molecule has 0 amide bonds. The lowest BCUT2D eigenvalue weighted by Crippen LogP contribution is -2.35. The van der Waals surface area contributed by atoms with Crippen molar-refractivity contribution in [1.82, 2.24) is 4.90 Å². The highest BCUT2D eigenvalue weighted by molar-refractivity contribution is 7.59. The molecule has 0 radical (unpaired) electrons. The van der Waals surface area contributed by atoms with E-state index in [1.165, 1.54) is 7.11 Å². The van der Waals surface area contributed by atoms with Gasteiger partial charge < -0.3 is 14.4 Å². The number of likely N-dealkylation sites (tertiary alicyclic amines) is 1. The molecular weight excluding hydrogens is 285 g/mol. The fourth-order valence-electron chi connectivity index (χ4n) is 2.25. The molecule has 0 aromatic carbocycles. The lowest BCUT2D eigenvalue weighted by atomic mass is 10.1. The lowest BCUT2D eigenvalue weighted by molar-refractivity contribution is -0.147. The second-order valence-corrected chi connectivity index (χ2v) is 7.31. The fourth-order valence-corrected chi connectivity index (χ4v) is 4.18. The fraction of sp³-hybridized carbons (Fsp3) is 0.833. The molecule has 1 heterocycles. The summed E-state index contributed by atoms with van der Waals surface area (Å²) in [5, 5.41) is 0. The molecule has 0 aliphatic carbocycles. The molecule has 1 unspecified atom stereocenters. The van der Waals surface area contributed by atoms with Gasteiger partial charge in [-0.05, 0) is 25.9 Å². The van der Waals surface area contributed by atoms with Crippen molar-refractivity contribution in [2.75, 3.05) is 33.6 Å². The molecule has 7 nitrogen and oxygen atoms in total. The number of nitrogens with zero attached hydrogens (tertiary/aromatic N) is 1. The van der Waals surface area contributed by atoms with Gasteiger partial charge in [0, 0.05) is 0 Å². The van der Waals surface area contributed by atoms with Gasteiger partial charge in [-0.15, -0.1) is 0 Å². The van der Waals surface area contributed by atoms with Crippen LogP contribution in [0.4, 0.5) is 0 Å². The molecule has 1 N–H and O–H groups in total. The molecule has 8 heteroatoms. The van der Waals surface area contributed by atoms with E-state index in [0.717, 1.165) is 39.5 Å². The van der Waals surface area contributed by atoms with E-state index < -0.39 is 31.4 Å². The Morgan fingerprint density at radius 2 is 1.80 bits per heavy atom. The number of carbonyl (C=O) groups is 2. The van der Waals surface area contributed by atoms with Crippen molar-refractivity contribution >= 4 is 19.3 Å². The predicted molar refractivity (Wildman–Crippen MR) is 72.6 cm³/mol. The van der Waals surface area contributed by atoms with E-state index in [1.54, 1.807) is 0 Å². The molecule has 2 atom stereocenters. The first kappa shape index (κ1) is 17.1. The Kier molecular flexibility index (Phi) is 6.65. The standard InChI is InChI=1S/C12H22NO6P/c1-18-11(14)8-10(12(15)19-2)20(16,17)9-13-6-4-3-5-7-13/h10H,3-9H2,1-2H3,(H,16,17)/t10-/m0/s1. The Hall–Kier alpha value is -0.910. The second kappa shape index (κ2) is 7.76. The van der Waals surface area contributed by atoms with Crippen LogP contribution in [0.15, 0.2) is 0 Å². The van der Waals surface area contributed by atoms with Crippen LogP contribution in [0.2, 0.25) is 0 Å². The maximum Gasteiger partial charge on any atom is 0.319 e. The third-order valence-electron chi connectivity index (χ3n) is 3.40. The lowest BCUT2D eigenvalue weighted by Gasteiger charge is -2.30. The monoisotopic (exact) mass is 307 g/mol. The zero-order valence-corrected chi connectivity index (χ0v) is 12.8. The molecule has 20 heavy (non-hydrogen) atoms. The minimum Gasteiger partial charge on any atom is -0.469 e. The normalized spacial score (nSPS) is 20.8. The highest BCUT2D eigenvalue weighted by Gasteiger charge is 2.41. The number of carbonyl (C=O) groups excluding carboxylic acids is 2. The van der Waals surface area contributed by atoms with Crippen molar-refractivity contribution in [1.29, 1.82) is 0 Å². The van der Waals surface area contributed by atoms with Crippen LogP contribution in [0.3, 0.4) is 0 Å². The maximum absolute atomic E-state index is 12.4. The highest BCUT2D eigenvalue weighted by Crippen LogP contribution is 2.49. The van der Waals surface area contributed by atoms with Gasteiger partial charge >= 0.3 is 11.9 Å². The summed E-state index contributed by atoms with van der Waals surface area (Å²) in [6.07, 6.45) is 2.52. The molecule has 0 aromatic heterocycles. The van der Waals surface area contributed by atoms with Gasteiger partial charge in [-0.25, -0.2) is 0 Å². The molecule has 116 valence electrons. The first-order chi connectivity index (χ1) is 9.40. The molecule has 1 saturated heterocycles. The van der Waals surface area contributed by atoms with Crippen molar-refractivity contribution in [2.24, 2.45) is 0 Å². The number of esters is 2. The van der Waals surface area contributed by atoms with Crippen LogP contribution in [0.25, 0.3) is 0 Å². The average Bonchev–Trinajstić information content (AvgIpc) is 2.44. The number of ether oxygens (including phenoxy) is 2. The average molecular weight is 307 g/mol. The van der Waals surface area contributed by atoms with E-state index in [9.17, 15) is 19.0 Å². The zero-order valence-electron chi connectivity index (χ0n) is 11.9. The van der Waals surface area contributed by atoms with Gasteiger partial charge in [0.05, 0.1) is 26.9 Å². The molecule has 1 fully saturated rings. The molecule has 0 saturated carbocycles. The molecule has 0 spiro atoms. The van der Waals surface area contributed by atoms with E-state index in [2.05, 4.69) is 9.47 Å². The Bertz CT molecular complexity index is 393. The first-order valence-electron chi connectivity index (χ1n) is 6.59. The van der Waals surface area contributed by atoms with Gasteiger partial charge in [-0.3, -0.25) is 19.1 Å². The molecule has 0 bridgehead atoms. The van der Waals surface area contributed by atoms with Gasteiger partial charge in [-0.1, -0.05) is 6.42 Å². The summed E-state index contributed by atoms with van der Waals surface area (Å²) in [6, 6.07) is 0. The van der Waals surface area contributed by atoms with E-state index in [4.69, 9.17) is 0 Å². The number of hydrogen-bond acceptors (Lipinski definition) is 6. The summed E-state index contributed by atoms with van der Waals surface area (Å²) in [5.74, 6) is -1.55. The predicted octanol–water partition coefficient (Wildman–Crippen LogP) is 0.805. The zero-order chi connectivity index (χ0) is 15.2.